The number of carbonyl (C=O) groups excluding carboxylic acids is 1. The Morgan fingerprint density at radius 1 is 1.25 bits per heavy atom. The van der Waals surface area contributed by atoms with Gasteiger partial charge in [-0.2, -0.15) is 4.39 Å². The summed E-state index contributed by atoms with van der Waals surface area (Å²) < 4.78 is 12.5. The second-order valence-electron chi connectivity index (χ2n) is 3.09. The van der Waals surface area contributed by atoms with E-state index in [1.807, 2.05) is 0 Å². The maximum Gasteiger partial charge on any atom is 0.308 e. The van der Waals surface area contributed by atoms with Gasteiger partial charge in [-0.05, 0) is 17.7 Å². The van der Waals surface area contributed by atoms with E-state index in [9.17, 15) is 9.18 Å². The highest BCUT2D eigenvalue weighted by molar-refractivity contribution is 6.31. The van der Waals surface area contributed by atoms with Crippen molar-refractivity contribution in [3.8, 4) is 11.1 Å². The third-order valence-corrected chi connectivity index (χ3v) is 2.31. The molecular weight excluding hydrogens is 231 g/mol. The number of aldehydes is 1. The van der Waals surface area contributed by atoms with Crippen molar-refractivity contribution in [3.05, 3.63) is 47.3 Å². The van der Waals surface area contributed by atoms with Crippen LogP contribution in [0.2, 0.25) is 5.02 Å². The van der Waals surface area contributed by atoms with Gasteiger partial charge < -0.3 is 0 Å². The third kappa shape index (κ3) is 2.06. The topological polar surface area (TPSA) is 42.9 Å². The van der Waals surface area contributed by atoms with E-state index in [4.69, 9.17) is 11.6 Å². The molecule has 0 amide bonds. The average molecular weight is 237 g/mol. The van der Waals surface area contributed by atoms with Gasteiger partial charge in [0, 0.05) is 28.5 Å². The van der Waals surface area contributed by atoms with E-state index in [0.29, 0.717) is 28.0 Å². The average Bonchev–Trinajstić information content (AvgIpc) is 2.30. The van der Waals surface area contributed by atoms with Crippen molar-refractivity contribution in [2.45, 2.75) is 0 Å². The Morgan fingerprint density at radius 3 is 2.56 bits per heavy atom. The largest absolute Gasteiger partial charge is 0.308 e. The van der Waals surface area contributed by atoms with Crippen LogP contribution in [0, 0.1) is 6.08 Å². The molecule has 1 aromatic carbocycles. The van der Waals surface area contributed by atoms with Crippen molar-refractivity contribution < 1.29 is 9.18 Å². The first-order valence-electron chi connectivity index (χ1n) is 4.43. The molecule has 5 heteroatoms. The van der Waals surface area contributed by atoms with Gasteiger partial charge in [-0.25, -0.2) is 9.97 Å². The fraction of sp³-hybridized carbons (Fsp3) is 0. The van der Waals surface area contributed by atoms with E-state index >= 15 is 0 Å². The van der Waals surface area contributed by atoms with Crippen molar-refractivity contribution >= 4 is 17.9 Å². The summed E-state index contributed by atoms with van der Waals surface area (Å²) in [4.78, 5) is 17.7. The summed E-state index contributed by atoms with van der Waals surface area (Å²) >= 11 is 5.76. The van der Waals surface area contributed by atoms with Crippen molar-refractivity contribution in [1.82, 2.24) is 9.97 Å². The molecule has 2 aromatic rings. The van der Waals surface area contributed by atoms with Crippen LogP contribution in [0.15, 0.2) is 30.6 Å². The van der Waals surface area contributed by atoms with Gasteiger partial charge in [-0.1, -0.05) is 17.7 Å². The molecule has 16 heavy (non-hydrogen) atoms. The van der Waals surface area contributed by atoms with Crippen LogP contribution >= 0.6 is 11.6 Å². The quantitative estimate of drug-likeness (QED) is 0.595. The van der Waals surface area contributed by atoms with Gasteiger partial charge in [0.25, 0.3) is 0 Å². The molecule has 1 heterocycles. The molecule has 0 atom stereocenters. The molecule has 0 saturated heterocycles. The molecule has 0 aliphatic rings. The highest BCUT2D eigenvalue weighted by Gasteiger charge is 2.06. The zero-order chi connectivity index (χ0) is 11.5. The summed E-state index contributed by atoms with van der Waals surface area (Å²) in [5.41, 5.74) is 1.61. The maximum absolute atomic E-state index is 12.5. The van der Waals surface area contributed by atoms with Crippen LogP contribution in [0.1, 0.15) is 10.4 Å². The first kappa shape index (κ1) is 10.7. The van der Waals surface area contributed by atoms with E-state index in [0.717, 1.165) is 0 Å². The second-order valence-corrected chi connectivity index (χ2v) is 3.53. The maximum atomic E-state index is 12.5. The molecule has 0 bridgehead atoms. The normalized spacial score (nSPS) is 10.1. The molecule has 0 N–H and O–H groups in total. The molecule has 0 radical (unpaired) electrons. The van der Waals surface area contributed by atoms with Gasteiger partial charge in [-0.3, -0.25) is 4.79 Å². The number of hydrogen-bond donors (Lipinski definition) is 0. The number of nitrogens with zero attached hydrogens (tertiary/aromatic N) is 2. The zero-order valence-corrected chi connectivity index (χ0v) is 8.78. The summed E-state index contributed by atoms with van der Waals surface area (Å²) in [6, 6.07) is 4.85. The summed E-state index contributed by atoms with van der Waals surface area (Å²) in [6.07, 6.45) is 2.52. The van der Waals surface area contributed by atoms with Gasteiger partial charge in [0.1, 0.15) is 0 Å². The lowest BCUT2D eigenvalue weighted by Gasteiger charge is -2.04. The highest BCUT2D eigenvalue weighted by Crippen LogP contribution is 2.24. The first-order chi connectivity index (χ1) is 7.70. The Morgan fingerprint density at radius 2 is 1.94 bits per heavy atom. The highest BCUT2D eigenvalue weighted by atomic mass is 35.5. The molecule has 0 saturated carbocycles. The van der Waals surface area contributed by atoms with Gasteiger partial charge >= 0.3 is 6.08 Å². The van der Waals surface area contributed by atoms with Crippen LogP contribution in [0.25, 0.3) is 11.1 Å². The van der Waals surface area contributed by atoms with E-state index < -0.39 is 6.08 Å². The molecule has 1 aromatic heterocycles. The van der Waals surface area contributed by atoms with Crippen LogP contribution in [-0.2, 0) is 0 Å². The van der Waals surface area contributed by atoms with Crippen molar-refractivity contribution in [2.75, 3.05) is 0 Å². The Balaban J connectivity index is 2.55. The van der Waals surface area contributed by atoms with Crippen LogP contribution in [0.3, 0.4) is 0 Å². The van der Waals surface area contributed by atoms with Crippen molar-refractivity contribution in [1.29, 1.82) is 0 Å². The molecule has 80 valence electrons. The predicted molar refractivity (Wildman–Crippen MR) is 57.8 cm³/mol. The number of aromatic nitrogens is 2. The molecular formula is C11H6ClFN2O. The molecule has 2 rings (SSSR count). The number of carbonyl (C=O) groups is 1. The molecule has 0 fully saturated rings. The predicted octanol–water partition coefficient (Wildman–Crippen LogP) is 2.75. The van der Waals surface area contributed by atoms with E-state index in [1.165, 1.54) is 18.5 Å². The monoisotopic (exact) mass is 236 g/mol. The fourth-order valence-corrected chi connectivity index (χ4v) is 1.53. The Bertz CT molecular complexity index is 528. The van der Waals surface area contributed by atoms with Crippen molar-refractivity contribution in [3.63, 3.8) is 0 Å². The minimum atomic E-state index is -0.801. The second kappa shape index (κ2) is 4.37. The molecule has 0 aliphatic heterocycles. The van der Waals surface area contributed by atoms with Crippen LogP contribution < -0.4 is 0 Å². The number of hydrogen-bond acceptors (Lipinski definition) is 3. The fourth-order valence-electron chi connectivity index (χ4n) is 1.35. The Labute approximate surface area is 95.9 Å². The smallest absolute Gasteiger partial charge is 0.298 e. The first-order valence-corrected chi connectivity index (χ1v) is 4.81. The zero-order valence-electron chi connectivity index (χ0n) is 8.02. The molecule has 3 nitrogen and oxygen atoms in total. The summed E-state index contributed by atoms with van der Waals surface area (Å²) in [5, 5.41) is 0.467. The molecule has 0 unspecified atom stereocenters. The number of halogens is 2. The Hall–Kier alpha value is -1.81. The summed E-state index contributed by atoms with van der Waals surface area (Å²) in [7, 11) is 0. The van der Waals surface area contributed by atoms with Gasteiger partial charge in [0.05, 0.1) is 0 Å². The Kier molecular flexibility index (Phi) is 2.92. The van der Waals surface area contributed by atoms with Gasteiger partial charge in [0.15, 0.2) is 6.29 Å². The standard InChI is InChI=1S/C11H6ClFN2O/c12-9-1-2-10(7(3-9)6-16)8-4-14-11(13)15-5-8/h1-6H. The number of benzene rings is 1. The van der Waals surface area contributed by atoms with E-state index in [-0.39, 0.29) is 0 Å². The van der Waals surface area contributed by atoms with Crippen LogP contribution in [0.4, 0.5) is 4.39 Å². The molecule has 0 spiro atoms. The number of rotatable bonds is 2. The SMILES string of the molecule is O=Cc1cc(Cl)ccc1-c1cnc(F)nc1. The van der Waals surface area contributed by atoms with Crippen LogP contribution in [0.5, 0.6) is 0 Å². The summed E-state index contributed by atoms with van der Waals surface area (Å²) in [5.74, 6) is 0. The lowest BCUT2D eigenvalue weighted by Crippen LogP contribution is -1.92. The van der Waals surface area contributed by atoms with Crippen LogP contribution in [-0.4, -0.2) is 16.3 Å². The lowest BCUT2D eigenvalue weighted by molar-refractivity contribution is 0.112. The van der Waals surface area contributed by atoms with E-state index in [1.54, 1.807) is 12.1 Å². The van der Waals surface area contributed by atoms with Crippen molar-refractivity contribution in [2.24, 2.45) is 0 Å². The van der Waals surface area contributed by atoms with Gasteiger partial charge in [0.2, 0.25) is 0 Å². The minimum Gasteiger partial charge on any atom is -0.298 e. The summed E-state index contributed by atoms with van der Waals surface area (Å²) in [6.45, 7) is 0. The molecule has 0 aliphatic carbocycles. The minimum absolute atomic E-state index is 0.419. The van der Waals surface area contributed by atoms with Gasteiger partial charge in [-0.15, -0.1) is 0 Å². The van der Waals surface area contributed by atoms with E-state index in [2.05, 4.69) is 9.97 Å². The third-order valence-electron chi connectivity index (χ3n) is 2.07. The lowest BCUT2D eigenvalue weighted by atomic mass is 10.0.